The van der Waals surface area contributed by atoms with Crippen molar-refractivity contribution in [3.8, 4) is 5.75 Å². The number of hydrogen-bond donors (Lipinski definition) is 2. The second-order valence-electron chi connectivity index (χ2n) is 4.85. The molecule has 110 valence electrons. The van der Waals surface area contributed by atoms with Crippen molar-refractivity contribution in [3.05, 3.63) is 48.0 Å². The second-order valence-corrected chi connectivity index (χ2v) is 4.85. The normalized spacial score (nSPS) is 10.0. The van der Waals surface area contributed by atoms with Gasteiger partial charge in [0.2, 0.25) is 0 Å². The van der Waals surface area contributed by atoms with Crippen LogP contribution in [0.5, 0.6) is 5.75 Å². The standard InChI is InChI=1S/C16H19N3O2/c1-19(2)13-7-4-11(5-8-13)16(20)18-12-6-9-15(21-3)14(17)10-12/h4-10H,17H2,1-3H3,(H,18,20). The van der Waals surface area contributed by atoms with E-state index in [0.29, 0.717) is 22.7 Å². The number of nitrogens with one attached hydrogen (secondary N) is 1. The highest BCUT2D eigenvalue weighted by Gasteiger charge is 2.08. The molecule has 0 unspecified atom stereocenters. The van der Waals surface area contributed by atoms with E-state index in [1.165, 1.54) is 0 Å². The first-order chi connectivity index (χ1) is 10.0. The predicted octanol–water partition coefficient (Wildman–Crippen LogP) is 2.60. The number of hydrogen-bond acceptors (Lipinski definition) is 4. The van der Waals surface area contributed by atoms with Gasteiger partial charge < -0.3 is 20.7 Å². The number of nitrogens with two attached hydrogens (primary N) is 1. The third kappa shape index (κ3) is 3.45. The Balaban J connectivity index is 2.12. The summed E-state index contributed by atoms with van der Waals surface area (Å²) >= 11 is 0. The van der Waals surface area contributed by atoms with Crippen molar-refractivity contribution in [2.24, 2.45) is 0 Å². The summed E-state index contributed by atoms with van der Waals surface area (Å²) < 4.78 is 5.08. The van der Waals surface area contributed by atoms with Gasteiger partial charge in [0.05, 0.1) is 12.8 Å². The molecule has 0 fully saturated rings. The molecule has 0 bridgehead atoms. The first-order valence-corrected chi connectivity index (χ1v) is 6.53. The molecular weight excluding hydrogens is 266 g/mol. The molecular formula is C16H19N3O2. The highest BCUT2D eigenvalue weighted by atomic mass is 16.5. The lowest BCUT2D eigenvalue weighted by molar-refractivity contribution is 0.102. The number of carbonyl (C=O) groups excluding carboxylic acids is 1. The van der Waals surface area contributed by atoms with Crippen LogP contribution in [0.15, 0.2) is 42.5 Å². The van der Waals surface area contributed by atoms with E-state index < -0.39 is 0 Å². The van der Waals surface area contributed by atoms with E-state index >= 15 is 0 Å². The fourth-order valence-electron chi connectivity index (χ4n) is 1.93. The van der Waals surface area contributed by atoms with Crippen LogP contribution in [-0.2, 0) is 0 Å². The number of ether oxygens (including phenoxy) is 1. The molecule has 0 atom stereocenters. The molecule has 2 aromatic carbocycles. The van der Waals surface area contributed by atoms with Gasteiger partial charge in [0, 0.05) is 31.0 Å². The van der Waals surface area contributed by atoms with E-state index in [2.05, 4.69) is 5.32 Å². The van der Waals surface area contributed by atoms with Crippen LogP contribution in [-0.4, -0.2) is 27.1 Å². The smallest absolute Gasteiger partial charge is 0.255 e. The molecule has 0 spiro atoms. The molecule has 0 aliphatic rings. The summed E-state index contributed by atoms with van der Waals surface area (Å²) in [6.45, 7) is 0. The van der Waals surface area contributed by atoms with Crippen LogP contribution in [0, 0.1) is 0 Å². The maximum absolute atomic E-state index is 12.2. The van der Waals surface area contributed by atoms with Crippen LogP contribution >= 0.6 is 0 Å². The van der Waals surface area contributed by atoms with Crippen molar-refractivity contribution in [2.75, 3.05) is 37.2 Å². The summed E-state index contributed by atoms with van der Waals surface area (Å²) in [5.74, 6) is 0.410. The molecule has 2 aromatic rings. The molecule has 0 aliphatic carbocycles. The van der Waals surface area contributed by atoms with Crippen molar-refractivity contribution >= 4 is 23.0 Å². The number of nitrogen functional groups attached to an aromatic ring is 1. The molecule has 21 heavy (non-hydrogen) atoms. The molecule has 1 amide bonds. The quantitative estimate of drug-likeness (QED) is 0.847. The Labute approximate surface area is 124 Å². The summed E-state index contributed by atoms with van der Waals surface area (Å²) in [6, 6.07) is 12.5. The number of nitrogens with zero attached hydrogens (tertiary/aromatic N) is 1. The van der Waals surface area contributed by atoms with E-state index in [4.69, 9.17) is 10.5 Å². The Hall–Kier alpha value is -2.69. The van der Waals surface area contributed by atoms with E-state index in [1.54, 1.807) is 37.4 Å². The molecule has 0 aliphatic heterocycles. The van der Waals surface area contributed by atoms with Crippen molar-refractivity contribution in [2.45, 2.75) is 0 Å². The van der Waals surface area contributed by atoms with Gasteiger partial charge >= 0.3 is 0 Å². The van der Waals surface area contributed by atoms with Gasteiger partial charge in [0.25, 0.3) is 5.91 Å². The summed E-state index contributed by atoms with van der Waals surface area (Å²) in [7, 11) is 5.46. The van der Waals surface area contributed by atoms with Gasteiger partial charge in [-0.15, -0.1) is 0 Å². The van der Waals surface area contributed by atoms with Gasteiger partial charge in [-0.3, -0.25) is 4.79 Å². The molecule has 5 nitrogen and oxygen atoms in total. The fourth-order valence-corrected chi connectivity index (χ4v) is 1.93. The lowest BCUT2D eigenvalue weighted by atomic mass is 10.1. The van der Waals surface area contributed by atoms with Gasteiger partial charge in [-0.25, -0.2) is 0 Å². The van der Waals surface area contributed by atoms with Crippen LogP contribution in [0.1, 0.15) is 10.4 Å². The fraction of sp³-hybridized carbons (Fsp3) is 0.188. The number of anilines is 3. The molecule has 0 saturated carbocycles. The van der Waals surface area contributed by atoms with E-state index in [0.717, 1.165) is 5.69 Å². The average Bonchev–Trinajstić information content (AvgIpc) is 2.47. The summed E-state index contributed by atoms with van der Waals surface area (Å²) in [4.78, 5) is 14.1. The minimum absolute atomic E-state index is 0.176. The molecule has 2 rings (SSSR count). The van der Waals surface area contributed by atoms with Crippen molar-refractivity contribution in [1.29, 1.82) is 0 Å². The number of rotatable bonds is 4. The molecule has 0 heterocycles. The highest BCUT2D eigenvalue weighted by Crippen LogP contribution is 2.25. The Morgan fingerprint density at radius 3 is 2.33 bits per heavy atom. The molecule has 3 N–H and O–H groups in total. The molecule has 0 aromatic heterocycles. The van der Waals surface area contributed by atoms with Gasteiger partial charge in [-0.1, -0.05) is 0 Å². The maximum Gasteiger partial charge on any atom is 0.255 e. The van der Waals surface area contributed by atoms with Crippen LogP contribution in [0.4, 0.5) is 17.1 Å². The Morgan fingerprint density at radius 2 is 1.81 bits per heavy atom. The van der Waals surface area contributed by atoms with E-state index in [9.17, 15) is 4.79 Å². The van der Waals surface area contributed by atoms with Crippen molar-refractivity contribution in [3.63, 3.8) is 0 Å². The number of amides is 1. The SMILES string of the molecule is COc1ccc(NC(=O)c2ccc(N(C)C)cc2)cc1N. The minimum atomic E-state index is -0.176. The molecule has 5 heteroatoms. The van der Waals surface area contributed by atoms with Crippen molar-refractivity contribution in [1.82, 2.24) is 0 Å². The first-order valence-electron chi connectivity index (χ1n) is 6.53. The number of methoxy groups -OCH3 is 1. The topological polar surface area (TPSA) is 67.6 Å². The maximum atomic E-state index is 12.2. The predicted molar refractivity (Wildman–Crippen MR) is 86.1 cm³/mol. The zero-order valence-corrected chi connectivity index (χ0v) is 12.4. The lowest BCUT2D eigenvalue weighted by Crippen LogP contribution is -2.13. The minimum Gasteiger partial charge on any atom is -0.495 e. The molecule has 0 saturated heterocycles. The van der Waals surface area contributed by atoms with Gasteiger partial charge in [-0.05, 0) is 42.5 Å². The van der Waals surface area contributed by atoms with E-state index in [-0.39, 0.29) is 5.91 Å². The second kappa shape index (κ2) is 6.17. The summed E-state index contributed by atoms with van der Waals surface area (Å²) in [5, 5.41) is 2.81. The Bertz CT molecular complexity index is 636. The van der Waals surface area contributed by atoms with Crippen LogP contribution in [0.2, 0.25) is 0 Å². The number of benzene rings is 2. The largest absolute Gasteiger partial charge is 0.495 e. The van der Waals surface area contributed by atoms with Crippen LogP contribution < -0.4 is 20.7 Å². The Kier molecular flexibility index (Phi) is 4.33. The van der Waals surface area contributed by atoms with Crippen LogP contribution in [0.25, 0.3) is 0 Å². The third-order valence-electron chi connectivity index (χ3n) is 3.13. The third-order valence-corrected chi connectivity index (χ3v) is 3.13. The van der Waals surface area contributed by atoms with Gasteiger partial charge in [0.15, 0.2) is 0 Å². The van der Waals surface area contributed by atoms with E-state index in [1.807, 2.05) is 31.1 Å². The first kappa shape index (κ1) is 14.7. The van der Waals surface area contributed by atoms with Gasteiger partial charge in [0.1, 0.15) is 5.75 Å². The monoisotopic (exact) mass is 285 g/mol. The zero-order valence-electron chi connectivity index (χ0n) is 12.4. The van der Waals surface area contributed by atoms with Gasteiger partial charge in [-0.2, -0.15) is 0 Å². The highest BCUT2D eigenvalue weighted by molar-refractivity contribution is 6.04. The average molecular weight is 285 g/mol. The van der Waals surface area contributed by atoms with Crippen molar-refractivity contribution < 1.29 is 9.53 Å². The lowest BCUT2D eigenvalue weighted by Gasteiger charge is -2.13. The summed E-state index contributed by atoms with van der Waals surface area (Å²) in [5.41, 5.74) is 8.57. The van der Waals surface area contributed by atoms with Crippen LogP contribution in [0.3, 0.4) is 0 Å². The summed E-state index contributed by atoms with van der Waals surface area (Å²) in [6.07, 6.45) is 0. The number of carbonyl (C=O) groups is 1. The Morgan fingerprint density at radius 1 is 1.14 bits per heavy atom. The zero-order chi connectivity index (χ0) is 15.4. The molecule has 0 radical (unpaired) electrons.